The van der Waals surface area contributed by atoms with Gasteiger partial charge in [-0.2, -0.15) is 0 Å². The van der Waals surface area contributed by atoms with E-state index in [1.54, 1.807) is 0 Å². The van der Waals surface area contributed by atoms with Gasteiger partial charge in [-0.15, -0.1) is 0 Å². The van der Waals surface area contributed by atoms with E-state index in [4.69, 9.17) is 0 Å². The van der Waals surface area contributed by atoms with E-state index in [0.717, 1.165) is 26.5 Å². The number of aryl methyl sites for hydroxylation is 2. The van der Waals surface area contributed by atoms with Gasteiger partial charge in [0, 0.05) is 32.7 Å². The molecule has 0 spiro atoms. The predicted octanol–water partition coefficient (Wildman–Crippen LogP) is 5.29. The molecule has 3 aromatic rings. The van der Waals surface area contributed by atoms with Crippen LogP contribution in [0, 0.1) is 13.8 Å². The summed E-state index contributed by atoms with van der Waals surface area (Å²) >= 11 is 3.69. The van der Waals surface area contributed by atoms with E-state index < -0.39 is 0 Å². The van der Waals surface area contributed by atoms with Crippen molar-refractivity contribution in [2.24, 2.45) is 0 Å². The Labute approximate surface area is 126 Å². The fourth-order valence-corrected chi connectivity index (χ4v) is 3.28. The van der Waals surface area contributed by atoms with Crippen molar-refractivity contribution in [3.05, 3.63) is 45.4 Å². The molecule has 3 rings (SSSR count). The molecule has 0 saturated carbocycles. The van der Waals surface area contributed by atoms with Gasteiger partial charge in [0.1, 0.15) is 0 Å². The molecule has 0 fully saturated rings. The van der Waals surface area contributed by atoms with Crippen molar-refractivity contribution in [1.82, 2.24) is 4.98 Å². The van der Waals surface area contributed by atoms with Crippen LogP contribution in [-0.2, 0) is 0 Å². The largest absolute Gasteiger partial charge is 0.354 e. The summed E-state index contributed by atoms with van der Waals surface area (Å²) in [5.41, 5.74) is 5.38. The van der Waals surface area contributed by atoms with Gasteiger partial charge in [-0.3, -0.25) is 4.79 Å². The summed E-state index contributed by atoms with van der Waals surface area (Å²) in [5, 5.41) is 2.36. The van der Waals surface area contributed by atoms with E-state index in [1.807, 2.05) is 25.1 Å². The molecule has 1 heterocycles. The van der Waals surface area contributed by atoms with Gasteiger partial charge < -0.3 is 4.98 Å². The van der Waals surface area contributed by atoms with E-state index >= 15 is 0 Å². The maximum Gasteiger partial charge on any atom is 0.162 e. The fraction of sp³-hybridized carbons (Fsp3) is 0.235. The van der Waals surface area contributed by atoms with Crippen LogP contribution < -0.4 is 0 Å². The third-order valence-corrected chi connectivity index (χ3v) is 4.86. The van der Waals surface area contributed by atoms with E-state index in [1.165, 1.54) is 16.5 Å². The van der Waals surface area contributed by atoms with Crippen LogP contribution in [0.2, 0.25) is 0 Å². The predicted molar refractivity (Wildman–Crippen MR) is 87.6 cm³/mol. The highest BCUT2D eigenvalue weighted by Gasteiger charge is 2.13. The molecule has 0 atom stereocenters. The second-order valence-corrected chi connectivity index (χ2v) is 6.03. The summed E-state index contributed by atoms with van der Waals surface area (Å²) in [7, 11) is 0. The van der Waals surface area contributed by atoms with Crippen molar-refractivity contribution in [1.29, 1.82) is 0 Å². The molecule has 1 N–H and O–H groups in total. The van der Waals surface area contributed by atoms with Crippen molar-refractivity contribution in [2.45, 2.75) is 27.2 Å². The third-order valence-electron chi connectivity index (χ3n) is 3.83. The average molecular weight is 330 g/mol. The minimum atomic E-state index is 0.178. The number of benzene rings is 2. The molecular formula is C17H16BrNO. The van der Waals surface area contributed by atoms with Gasteiger partial charge in [0.05, 0.1) is 5.52 Å². The summed E-state index contributed by atoms with van der Waals surface area (Å²) in [6.07, 6.45) is 0.535. The van der Waals surface area contributed by atoms with Crippen LogP contribution in [0.15, 0.2) is 28.7 Å². The van der Waals surface area contributed by atoms with Gasteiger partial charge in [-0.25, -0.2) is 0 Å². The Balaban J connectivity index is 2.40. The van der Waals surface area contributed by atoms with E-state index in [2.05, 4.69) is 40.8 Å². The first-order chi connectivity index (χ1) is 9.52. The lowest BCUT2D eigenvalue weighted by Crippen LogP contribution is -1.95. The summed E-state index contributed by atoms with van der Waals surface area (Å²) in [6, 6.07) is 8.09. The summed E-state index contributed by atoms with van der Waals surface area (Å²) in [4.78, 5) is 15.3. The van der Waals surface area contributed by atoms with Gasteiger partial charge in [-0.1, -0.05) is 25.1 Å². The molecule has 0 radical (unpaired) electrons. The number of carbonyl (C=O) groups excluding carboxylic acids is 1. The highest BCUT2D eigenvalue weighted by atomic mass is 79.9. The Morgan fingerprint density at radius 1 is 1.20 bits per heavy atom. The normalized spacial score (nSPS) is 11.4. The van der Waals surface area contributed by atoms with Crippen LogP contribution in [0.5, 0.6) is 0 Å². The van der Waals surface area contributed by atoms with Crippen molar-refractivity contribution >= 4 is 43.5 Å². The molecule has 0 bridgehead atoms. The van der Waals surface area contributed by atoms with Crippen LogP contribution in [0.25, 0.3) is 21.8 Å². The lowest BCUT2D eigenvalue weighted by molar-refractivity contribution is 0.0988. The number of rotatable bonds is 2. The molecule has 0 aliphatic rings. The van der Waals surface area contributed by atoms with Gasteiger partial charge in [0.15, 0.2) is 5.78 Å². The molecule has 1 aromatic heterocycles. The number of aromatic nitrogens is 1. The second kappa shape index (κ2) is 4.74. The number of ketones is 1. The zero-order chi connectivity index (χ0) is 14.4. The summed E-state index contributed by atoms with van der Waals surface area (Å²) < 4.78 is 1.12. The van der Waals surface area contributed by atoms with Gasteiger partial charge in [-0.05, 0) is 47.0 Å². The first-order valence-electron chi connectivity index (χ1n) is 6.77. The maximum absolute atomic E-state index is 11.8. The summed E-state index contributed by atoms with van der Waals surface area (Å²) in [6.45, 7) is 6.10. The first-order valence-corrected chi connectivity index (χ1v) is 7.56. The molecule has 0 saturated heterocycles. The number of carbonyl (C=O) groups is 1. The number of nitrogens with one attached hydrogen (secondary N) is 1. The number of aromatic amines is 1. The Hall–Kier alpha value is -1.61. The number of hydrogen-bond acceptors (Lipinski definition) is 1. The van der Waals surface area contributed by atoms with E-state index in [9.17, 15) is 4.79 Å². The molecule has 0 amide bonds. The fourth-order valence-electron chi connectivity index (χ4n) is 2.76. The monoisotopic (exact) mass is 329 g/mol. The topological polar surface area (TPSA) is 32.9 Å². The maximum atomic E-state index is 11.8. The van der Waals surface area contributed by atoms with E-state index in [-0.39, 0.29) is 5.78 Å². The molecule has 0 aliphatic carbocycles. The van der Waals surface area contributed by atoms with Crippen LogP contribution in [0.3, 0.4) is 0 Å². The first kappa shape index (κ1) is 13.4. The van der Waals surface area contributed by atoms with Gasteiger partial charge in [0.25, 0.3) is 0 Å². The summed E-state index contributed by atoms with van der Waals surface area (Å²) in [5.74, 6) is 0.178. The SMILES string of the molecule is CCC(=O)c1ccc2c(c1)[nH]c1c(C)cc(C)c(Br)c12. The van der Waals surface area contributed by atoms with Crippen molar-refractivity contribution < 1.29 is 4.79 Å². The lowest BCUT2D eigenvalue weighted by atomic mass is 10.0. The Kier molecular flexibility index (Phi) is 3.17. The Morgan fingerprint density at radius 2 is 1.95 bits per heavy atom. The van der Waals surface area contributed by atoms with Crippen molar-refractivity contribution in [3.8, 4) is 0 Å². The second-order valence-electron chi connectivity index (χ2n) is 5.24. The zero-order valence-electron chi connectivity index (χ0n) is 11.8. The quantitative estimate of drug-likeness (QED) is 0.636. The minimum Gasteiger partial charge on any atom is -0.354 e. The van der Waals surface area contributed by atoms with Crippen LogP contribution in [0.4, 0.5) is 0 Å². The number of fused-ring (bicyclic) bond motifs is 3. The molecule has 20 heavy (non-hydrogen) atoms. The number of hydrogen-bond donors (Lipinski definition) is 1. The van der Waals surface area contributed by atoms with Crippen molar-refractivity contribution in [2.75, 3.05) is 0 Å². The molecule has 102 valence electrons. The average Bonchev–Trinajstić information content (AvgIpc) is 2.83. The van der Waals surface area contributed by atoms with E-state index in [0.29, 0.717) is 6.42 Å². The number of H-pyrrole nitrogens is 1. The highest BCUT2D eigenvalue weighted by Crippen LogP contribution is 2.36. The van der Waals surface area contributed by atoms with Crippen LogP contribution in [0.1, 0.15) is 34.8 Å². The van der Waals surface area contributed by atoms with Gasteiger partial charge >= 0.3 is 0 Å². The van der Waals surface area contributed by atoms with Crippen LogP contribution >= 0.6 is 15.9 Å². The molecule has 2 nitrogen and oxygen atoms in total. The Morgan fingerprint density at radius 3 is 2.65 bits per heavy atom. The molecule has 0 unspecified atom stereocenters. The number of halogens is 1. The standard InChI is InChI=1S/C17H16BrNO/c1-4-14(20)11-5-6-12-13(8-11)19-17-10(3)7-9(2)16(18)15(12)17/h5-8,19H,4H2,1-3H3. The van der Waals surface area contributed by atoms with Crippen molar-refractivity contribution in [3.63, 3.8) is 0 Å². The van der Waals surface area contributed by atoms with Crippen LogP contribution in [-0.4, -0.2) is 10.8 Å². The Bertz CT molecular complexity index is 845. The smallest absolute Gasteiger partial charge is 0.162 e. The minimum absolute atomic E-state index is 0.178. The number of Topliss-reactive ketones (excluding diaryl/α,β-unsaturated/α-hetero) is 1. The highest BCUT2D eigenvalue weighted by molar-refractivity contribution is 9.10. The molecule has 2 aromatic carbocycles. The zero-order valence-corrected chi connectivity index (χ0v) is 13.4. The lowest BCUT2D eigenvalue weighted by Gasteiger charge is -2.04. The molecular weight excluding hydrogens is 314 g/mol. The molecule has 3 heteroatoms. The molecule has 0 aliphatic heterocycles. The van der Waals surface area contributed by atoms with Gasteiger partial charge in [0.2, 0.25) is 0 Å². The third kappa shape index (κ3) is 1.88.